The van der Waals surface area contributed by atoms with Crippen LogP contribution in [0.5, 0.6) is 5.75 Å². The van der Waals surface area contributed by atoms with Crippen LogP contribution in [0.4, 0.5) is 5.69 Å². The lowest BCUT2D eigenvalue weighted by molar-refractivity contribution is -0.683. The van der Waals surface area contributed by atoms with Crippen molar-refractivity contribution in [3.8, 4) is 5.75 Å². The fourth-order valence-corrected chi connectivity index (χ4v) is 6.45. The topological polar surface area (TPSA) is 33.4 Å². The van der Waals surface area contributed by atoms with E-state index in [2.05, 4.69) is 93.4 Å². The molecule has 0 atom stereocenters. The molecule has 1 amide bonds. The third-order valence-electron chi connectivity index (χ3n) is 8.45. The molecule has 0 saturated carbocycles. The van der Waals surface area contributed by atoms with Crippen molar-refractivity contribution in [1.82, 2.24) is 0 Å². The Hall–Kier alpha value is -2.66. The number of amides is 1. The van der Waals surface area contributed by atoms with E-state index >= 15 is 0 Å². The Morgan fingerprint density at radius 1 is 0.841 bits per heavy atom. The number of anilines is 1. The first-order valence-corrected chi connectivity index (χ1v) is 18.1. The highest BCUT2D eigenvalue weighted by molar-refractivity contribution is 7.09. The Morgan fingerprint density at radius 2 is 1.43 bits per heavy atom. The summed E-state index contributed by atoms with van der Waals surface area (Å²) in [4.78, 5) is 15.8. The highest BCUT2D eigenvalue weighted by Crippen LogP contribution is 2.33. The number of rotatable bonds is 20. The fourth-order valence-electron chi connectivity index (χ4n) is 5.82. The number of carbonyl (C=O) groups excluding carboxylic acids is 1. The van der Waals surface area contributed by atoms with E-state index in [-0.39, 0.29) is 11.3 Å². The van der Waals surface area contributed by atoms with E-state index in [1.807, 2.05) is 4.90 Å². The SMILES string of the molecule is CCCCCCCCCCCCCCOc1cc(CCN(C(C)=O)c2ccc(C[n+]3csc(C)c3)cc2)ccc1C(C)(C)C. The van der Waals surface area contributed by atoms with Gasteiger partial charge in [0, 0.05) is 24.7 Å². The summed E-state index contributed by atoms with van der Waals surface area (Å²) in [5.74, 6) is 1.06. The van der Waals surface area contributed by atoms with Crippen molar-refractivity contribution in [2.75, 3.05) is 18.1 Å². The number of benzene rings is 2. The number of thiazole rings is 1. The number of hydrogen-bond acceptors (Lipinski definition) is 3. The molecular weight excluding hydrogens is 561 g/mol. The summed E-state index contributed by atoms with van der Waals surface area (Å²) in [6.07, 6.45) is 19.1. The van der Waals surface area contributed by atoms with Crippen molar-refractivity contribution in [2.45, 2.75) is 137 Å². The lowest BCUT2D eigenvalue weighted by Crippen LogP contribution is -2.31. The summed E-state index contributed by atoms with van der Waals surface area (Å²) >= 11 is 1.76. The monoisotopic (exact) mass is 619 g/mol. The Morgan fingerprint density at radius 3 is 1.98 bits per heavy atom. The van der Waals surface area contributed by atoms with E-state index < -0.39 is 0 Å². The number of nitrogens with zero attached hydrogens (tertiary/aromatic N) is 2. The molecule has 0 aliphatic rings. The number of hydrogen-bond donors (Lipinski definition) is 0. The molecule has 4 nitrogen and oxygen atoms in total. The maximum atomic E-state index is 12.6. The zero-order valence-electron chi connectivity index (χ0n) is 28.6. The van der Waals surface area contributed by atoms with Gasteiger partial charge >= 0.3 is 0 Å². The second kappa shape index (κ2) is 19.0. The quantitative estimate of drug-likeness (QED) is 0.0931. The Kier molecular flexibility index (Phi) is 15.5. The summed E-state index contributed by atoms with van der Waals surface area (Å²) in [5.41, 5.74) is 6.78. The van der Waals surface area contributed by atoms with Crippen molar-refractivity contribution >= 4 is 22.9 Å². The van der Waals surface area contributed by atoms with Gasteiger partial charge in [-0.05, 0) is 54.5 Å². The van der Waals surface area contributed by atoms with Gasteiger partial charge in [-0.15, -0.1) is 0 Å². The highest BCUT2D eigenvalue weighted by atomic mass is 32.1. The Labute approximate surface area is 272 Å². The van der Waals surface area contributed by atoms with Crippen LogP contribution in [0.25, 0.3) is 0 Å². The average molecular weight is 620 g/mol. The van der Waals surface area contributed by atoms with E-state index in [0.29, 0.717) is 6.54 Å². The van der Waals surface area contributed by atoms with Crippen LogP contribution in [0.1, 0.15) is 133 Å². The van der Waals surface area contributed by atoms with Crippen molar-refractivity contribution in [2.24, 2.45) is 0 Å². The van der Waals surface area contributed by atoms with Crippen LogP contribution >= 0.6 is 11.3 Å². The van der Waals surface area contributed by atoms with E-state index in [4.69, 9.17) is 4.74 Å². The highest BCUT2D eigenvalue weighted by Gasteiger charge is 2.20. The predicted molar refractivity (Wildman–Crippen MR) is 188 cm³/mol. The van der Waals surface area contributed by atoms with Gasteiger partial charge in [0.25, 0.3) is 0 Å². The normalized spacial score (nSPS) is 11.6. The van der Waals surface area contributed by atoms with Crippen molar-refractivity contribution in [1.29, 1.82) is 0 Å². The summed E-state index contributed by atoms with van der Waals surface area (Å²) < 4.78 is 8.62. The van der Waals surface area contributed by atoms with Gasteiger partial charge in [-0.3, -0.25) is 4.79 Å². The molecule has 0 fully saturated rings. The Bertz CT molecular complexity index is 1240. The maximum absolute atomic E-state index is 12.6. The van der Waals surface area contributed by atoms with Gasteiger partial charge in [-0.25, -0.2) is 0 Å². The van der Waals surface area contributed by atoms with Crippen molar-refractivity contribution < 1.29 is 14.1 Å². The lowest BCUT2D eigenvalue weighted by Gasteiger charge is -2.25. The van der Waals surface area contributed by atoms with Crippen LogP contribution in [0.3, 0.4) is 0 Å². The predicted octanol–water partition coefficient (Wildman–Crippen LogP) is 10.4. The zero-order valence-corrected chi connectivity index (χ0v) is 29.4. The molecule has 0 aliphatic carbocycles. The second-order valence-corrected chi connectivity index (χ2v) is 14.6. The van der Waals surface area contributed by atoms with E-state index in [1.165, 1.54) is 92.2 Å². The Balaban J connectivity index is 1.48. The molecule has 3 rings (SSSR count). The number of unbranched alkanes of at least 4 members (excludes halogenated alkanes) is 11. The van der Waals surface area contributed by atoms with Crippen LogP contribution in [0, 0.1) is 6.92 Å². The smallest absolute Gasteiger partial charge is 0.225 e. The minimum Gasteiger partial charge on any atom is -0.493 e. The molecule has 0 unspecified atom stereocenters. The van der Waals surface area contributed by atoms with Gasteiger partial charge in [0.2, 0.25) is 11.4 Å². The molecule has 0 N–H and O–H groups in total. The molecule has 1 aromatic heterocycles. The lowest BCUT2D eigenvalue weighted by atomic mass is 9.85. The standard InChI is InChI=1S/C39H59N2O2S/c1-7-8-9-10-11-12-13-14-15-16-17-18-27-43-38-28-34(21-24-37(38)39(4,5)6)25-26-41(33(3)42)36-22-19-35(20-23-36)30-40-29-32(2)44-31-40/h19-24,28-29,31H,7-18,25-27,30H2,1-6H3/q+1. The molecule has 44 heavy (non-hydrogen) atoms. The summed E-state index contributed by atoms with van der Waals surface area (Å²) in [7, 11) is 0. The van der Waals surface area contributed by atoms with E-state index in [0.717, 1.165) is 37.4 Å². The zero-order chi connectivity index (χ0) is 31.8. The molecule has 0 bridgehead atoms. The number of carbonyl (C=O) groups is 1. The summed E-state index contributed by atoms with van der Waals surface area (Å²) in [6.45, 7) is 15.1. The molecule has 5 heteroatoms. The van der Waals surface area contributed by atoms with Crippen molar-refractivity contribution in [3.63, 3.8) is 0 Å². The van der Waals surface area contributed by atoms with Gasteiger partial charge in [0.05, 0.1) is 11.5 Å². The molecular formula is C39H59N2O2S+. The van der Waals surface area contributed by atoms with Crippen LogP contribution < -0.4 is 14.2 Å². The van der Waals surface area contributed by atoms with Crippen LogP contribution in [-0.4, -0.2) is 19.1 Å². The molecule has 0 spiro atoms. The maximum Gasteiger partial charge on any atom is 0.225 e. The van der Waals surface area contributed by atoms with E-state index in [1.54, 1.807) is 18.3 Å². The average Bonchev–Trinajstić information content (AvgIpc) is 3.40. The van der Waals surface area contributed by atoms with Gasteiger partial charge in [0.1, 0.15) is 5.75 Å². The van der Waals surface area contributed by atoms with Gasteiger partial charge in [-0.2, -0.15) is 4.57 Å². The van der Waals surface area contributed by atoms with Crippen LogP contribution in [0.2, 0.25) is 0 Å². The summed E-state index contributed by atoms with van der Waals surface area (Å²) in [5, 5.41) is 0. The molecule has 0 saturated heterocycles. The molecule has 242 valence electrons. The molecule has 1 heterocycles. The third-order valence-corrected chi connectivity index (χ3v) is 9.30. The molecule has 0 radical (unpaired) electrons. The first-order valence-electron chi connectivity index (χ1n) is 17.2. The number of aryl methyl sites for hydroxylation is 1. The van der Waals surface area contributed by atoms with Crippen molar-refractivity contribution in [3.05, 3.63) is 75.7 Å². The number of ether oxygens (including phenoxy) is 1. The van der Waals surface area contributed by atoms with Gasteiger partial charge < -0.3 is 9.64 Å². The minimum atomic E-state index is 0.0115. The summed E-state index contributed by atoms with van der Waals surface area (Å²) in [6, 6.07) is 15.0. The first-order chi connectivity index (χ1) is 21.2. The minimum absolute atomic E-state index is 0.0115. The largest absolute Gasteiger partial charge is 0.493 e. The second-order valence-electron chi connectivity index (χ2n) is 13.5. The molecule has 2 aromatic carbocycles. The van der Waals surface area contributed by atoms with Gasteiger partial charge in [-0.1, -0.05) is 134 Å². The third kappa shape index (κ3) is 12.8. The van der Waals surface area contributed by atoms with Gasteiger partial charge in [0.15, 0.2) is 12.7 Å². The fraction of sp³-hybridized carbons (Fsp3) is 0.590. The first kappa shape index (κ1) is 35.8. The van der Waals surface area contributed by atoms with Crippen LogP contribution in [-0.2, 0) is 23.2 Å². The number of aromatic nitrogens is 1. The molecule has 3 aromatic rings. The van der Waals surface area contributed by atoms with Crippen LogP contribution in [0.15, 0.2) is 54.2 Å². The molecule has 0 aliphatic heterocycles. The van der Waals surface area contributed by atoms with E-state index in [9.17, 15) is 4.79 Å².